The minimum Gasteiger partial charge on any atom is -0.477 e. The van der Waals surface area contributed by atoms with Crippen molar-refractivity contribution >= 4 is 27.1 Å². The number of benzene rings is 1. The molecular weight excluding hydrogens is 272 g/mol. The van der Waals surface area contributed by atoms with Crippen molar-refractivity contribution in [3.05, 3.63) is 41.3 Å². The molecule has 0 saturated carbocycles. The first-order valence-electron chi connectivity index (χ1n) is 5.01. The van der Waals surface area contributed by atoms with Gasteiger partial charge in [0.2, 0.25) is 0 Å². The van der Waals surface area contributed by atoms with Gasteiger partial charge in [0, 0.05) is 11.1 Å². The van der Waals surface area contributed by atoms with Crippen LogP contribution in [0.3, 0.4) is 0 Å². The Balaban J connectivity index is 2.48. The molecule has 0 radical (unpaired) electrons. The summed E-state index contributed by atoms with van der Waals surface area (Å²) in [6, 6.07) is 9.65. The number of carboxylic acids is 1. The summed E-state index contributed by atoms with van der Waals surface area (Å²) >= 11 is 1.12. The maximum absolute atomic E-state index is 11.4. The molecule has 18 heavy (non-hydrogen) atoms. The van der Waals surface area contributed by atoms with E-state index in [9.17, 15) is 13.2 Å². The van der Waals surface area contributed by atoms with Crippen molar-refractivity contribution < 1.29 is 18.3 Å². The van der Waals surface area contributed by atoms with Gasteiger partial charge in [0.05, 0.1) is 4.90 Å². The molecule has 0 unspecified atom stereocenters. The Hall–Kier alpha value is -1.66. The van der Waals surface area contributed by atoms with Crippen LogP contribution in [0.15, 0.2) is 41.3 Å². The van der Waals surface area contributed by atoms with E-state index in [-0.39, 0.29) is 9.77 Å². The van der Waals surface area contributed by atoms with Crippen LogP contribution in [0, 0.1) is 0 Å². The van der Waals surface area contributed by atoms with E-state index < -0.39 is 15.8 Å². The van der Waals surface area contributed by atoms with Crippen LogP contribution in [-0.4, -0.2) is 25.7 Å². The van der Waals surface area contributed by atoms with Crippen LogP contribution in [0.5, 0.6) is 0 Å². The number of aromatic carboxylic acids is 1. The Bertz CT molecular complexity index is 698. The molecule has 0 saturated heterocycles. The zero-order chi connectivity index (χ0) is 13.3. The minimum atomic E-state index is -3.25. The van der Waals surface area contributed by atoms with Crippen molar-refractivity contribution in [2.75, 3.05) is 6.26 Å². The second kappa shape index (κ2) is 4.55. The molecule has 0 aliphatic rings. The SMILES string of the molecule is CS(=O)(=O)c1cccc(-c2ccc(C(=O)O)s2)c1. The number of carbonyl (C=O) groups is 1. The average molecular weight is 282 g/mol. The monoisotopic (exact) mass is 282 g/mol. The molecule has 0 spiro atoms. The predicted molar refractivity (Wildman–Crippen MR) is 69.8 cm³/mol. The van der Waals surface area contributed by atoms with Gasteiger partial charge in [-0.1, -0.05) is 12.1 Å². The fourth-order valence-electron chi connectivity index (χ4n) is 1.49. The van der Waals surface area contributed by atoms with Crippen LogP contribution >= 0.6 is 11.3 Å². The molecule has 1 heterocycles. The molecule has 4 nitrogen and oxygen atoms in total. The summed E-state index contributed by atoms with van der Waals surface area (Å²) in [4.78, 5) is 12.0. The van der Waals surface area contributed by atoms with Gasteiger partial charge < -0.3 is 5.11 Å². The molecule has 0 aliphatic heterocycles. The number of rotatable bonds is 3. The second-order valence-corrected chi connectivity index (χ2v) is 6.87. The van der Waals surface area contributed by atoms with Gasteiger partial charge in [0.25, 0.3) is 0 Å². The highest BCUT2D eigenvalue weighted by Gasteiger charge is 2.11. The van der Waals surface area contributed by atoms with E-state index in [4.69, 9.17) is 5.11 Å². The van der Waals surface area contributed by atoms with E-state index in [0.717, 1.165) is 22.5 Å². The summed E-state index contributed by atoms with van der Waals surface area (Å²) in [6.07, 6.45) is 1.14. The topological polar surface area (TPSA) is 71.4 Å². The molecule has 1 N–H and O–H groups in total. The van der Waals surface area contributed by atoms with Gasteiger partial charge in [-0.25, -0.2) is 13.2 Å². The normalized spacial score (nSPS) is 11.4. The van der Waals surface area contributed by atoms with Gasteiger partial charge >= 0.3 is 5.97 Å². The lowest BCUT2D eigenvalue weighted by Crippen LogP contribution is -1.96. The first-order valence-corrected chi connectivity index (χ1v) is 7.72. The molecule has 1 aromatic carbocycles. The third kappa shape index (κ3) is 2.60. The number of carboxylic acid groups (broad SMARTS) is 1. The summed E-state index contributed by atoms with van der Waals surface area (Å²) in [7, 11) is -3.25. The van der Waals surface area contributed by atoms with Gasteiger partial charge in [-0.05, 0) is 29.8 Å². The quantitative estimate of drug-likeness (QED) is 0.939. The highest BCUT2D eigenvalue weighted by Crippen LogP contribution is 2.29. The second-order valence-electron chi connectivity index (χ2n) is 3.77. The van der Waals surface area contributed by atoms with E-state index >= 15 is 0 Å². The average Bonchev–Trinajstić information content (AvgIpc) is 2.77. The Morgan fingerprint density at radius 2 is 1.94 bits per heavy atom. The van der Waals surface area contributed by atoms with Crippen LogP contribution in [0.4, 0.5) is 0 Å². The summed E-state index contributed by atoms with van der Waals surface area (Å²) in [5.41, 5.74) is 0.704. The maximum atomic E-state index is 11.4. The first-order chi connectivity index (χ1) is 8.38. The van der Waals surface area contributed by atoms with E-state index in [1.165, 1.54) is 12.1 Å². The molecule has 6 heteroatoms. The van der Waals surface area contributed by atoms with Crippen LogP contribution in [0.1, 0.15) is 9.67 Å². The molecule has 0 amide bonds. The molecule has 2 aromatic rings. The van der Waals surface area contributed by atoms with Gasteiger partial charge in [-0.15, -0.1) is 11.3 Å². The zero-order valence-corrected chi connectivity index (χ0v) is 11.1. The van der Waals surface area contributed by atoms with Crippen molar-refractivity contribution in [1.29, 1.82) is 0 Å². The fraction of sp³-hybridized carbons (Fsp3) is 0.0833. The zero-order valence-electron chi connectivity index (χ0n) is 9.45. The largest absolute Gasteiger partial charge is 0.477 e. The van der Waals surface area contributed by atoms with Gasteiger partial charge in [-0.3, -0.25) is 0 Å². The fourth-order valence-corrected chi connectivity index (χ4v) is 3.00. The maximum Gasteiger partial charge on any atom is 0.345 e. The third-order valence-corrected chi connectivity index (χ3v) is 4.60. The third-order valence-electron chi connectivity index (χ3n) is 2.36. The molecule has 2 rings (SSSR count). The predicted octanol–water partition coefficient (Wildman–Crippen LogP) is 2.52. The lowest BCUT2D eigenvalue weighted by molar-refractivity contribution is 0.0702. The Kier molecular flexibility index (Phi) is 3.23. The molecule has 0 atom stereocenters. The van der Waals surface area contributed by atoms with Crippen molar-refractivity contribution in [3.63, 3.8) is 0 Å². The number of hydrogen-bond acceptors (Lipinski definition) is 4. The summed E-state index contributed by atoms with van der Waals surface area (Å²) in [5.74, 6) is -0.981. The lowest BCUT2D eigenvalue weighted by atomic mass is 10.2. The van der Waals surface area contributed by atoms with Crippen molar-refractivity contribution in [3.8, 4) is 10.4 Å². The molecular formula is C12H10O4S2. The Morgan fingerprint density at radius 1 is 1.22 bits per heavy atom. The molecule has 0 fully saturated rings. The van der Waals surface area contributed by atoms with Crippen molar-refractivity contribution in [2.24, 2.45) is 0 Å². The number of thiophene rings is 1. The lowest BCUT2D eigenvalue weighted by Gasteiger charge is -2.01. The molecule has 94 valence electrons. The highest BCUT2D eigenvalue weighted by atomic mass is 32.2. The minimum absolute atomic E-state index is 0.227. The van der Waals surface area contributed by atoms with Crippen LogP contribution < -0.4 is 0 Å². The number of sulfone groups is 1. The Morgan fingerprint density at radius 3 is 2.50 bits per heavy atom. The Labute approximate surface area is 108 Å². The van der Waals surface area contributed by atoms with Crippen molar-refractivity contribution in [1.82, 2.24) is 0 Å². The van der Waals surface area contributed by atoms with Crippen molar-refractivity contribution in [2.45, 2.75) is 4.90 Å². The summed E-state index contributed by atoms with van der Waals surface area (Å²) < 4.78 is 22.9. The number of hydrogen-bond donors (Lipinski definition) is 1. The summed E-state index contributed by atoms with van der Waals surface area (Å²) in [5, 5.41) is 8.84. The standard InChI is InChI=1S/C12H10O4S2/c1-18(15,16)9-4-2-3-8(7-9)10-5-6-11(17-10)12(13)14/h2-7H,1H3,(H,13,14). The van der Waals surface area contributed by atoms with E-state index in [2.05, 4.69) is 0 Å². The van der Waals surface area contributed by atoms with E-state index in [0.29, 0.717) is 5.56 Å². The first kappa shape index (κ1) is 12.8. The van der Waals surface area contributed by atoms with Gasteiger partial charge in [0.15, 0.2) is 9.84 Å². The van der Waals surface area contributed by atoms with Gasteiger partial charge in [0.1, 0.15) is 4.88 Å². The highest BCUT2D eigenvalue weighted by molar-refractivity contribution is 7.90. The van der Waals surface area contributed by atoms with E-state index in [1.54, 1.807) is 24.3 Å². The van der Waals surface area contributed by atoms with Crippen LogP contribution in [0.25, 0.3) is 10.4 Å². The van der Waals surface area contributed by atoms with Crippen LogP contribution in [0.2, 0.25) is 0 Å². The molecule has 1 aromatic heterocycles. The van der Waals surface area contributed by atoms with E-state index in [1.807, 2.05) is 0 Å². The van der Waals surface area contributed by atoms with Crippen LogP contribution in [-0.2, 0) is 9.84 Å². The molecule has 0 aliphatic carbocycles. The van der Waals surface area contributed by atoms with Gasteiger partial charge in [-0.2, -0.15) is 0 Å². The molecule has 0 bridgehead atoms. The summed E-state index contributed by atoms with van der Waals surface area (Å²) in [6.45, 7) is 0. The smallest absolute Gasteiger partial charge is 0.345 e.